The van der Waals surface area contributed by atoms with Crippen molar-refractivity contribution in [1.82, 2.24) is 20.3 Å². The van der Waals surface area contributed by atoms with Crippen LogP contribution in [0.25, 0.3) is 0 Å². The molecular weight excluding hydrogens is 476 g/mol. The Morgan fingerprint density at radius 1 is 1.18 bits per heavy atom. The van der Waals surface area contributed by atoms with E-state index in [4.69, 9.17) is 9.26 Å². The second-order valence-corrected chi connectivity index (χ2v) is 10.2. The lowest BCUT2D eigenvalue weighted by atomic mass is 10.1. The summed E-state index contributed by atoms with van der Waals surface area (Å²) in [6.45, 7) is 8.25. The summed E-state index contributed by atoms with van der Waals surface area (Å²) in [5, 5.41) is 15.7. The number of nitrogens with one attached hydrogen (secondary N) is 1. The molecule has 3 heterocycles. The van der Waals surface area contributed by atoms with E-state index in [1.165, 1.54) is 23.1 Å². The van der Waals surface area contributed by atoms with Crippen LogP contribution in [-0.2, 0) is 4.79 Å². The Labute approximate surface area is 205 Å². The van der Waals surface area contributed by atoms with E-state index >= 15 is 0 Å². The third-order valence-electron chi connectivity index (χ3n) is 4.93. The van der Waals surface area contributed by atoms with E-state index in [1.54, 1.807) is 25.1 Å². The highest BCUT2D eigenvalue weighted by molar-refractivity contribution is 8.01. The number of anilines is 2. The first-order valence-corrected chi connectivity index (χ1v) is 12.7. The third kappa shape index (κ3) is 6.26. The SMILES string of the molecule is Cc1cc(NC(=O)CSc2nnc(N3CCN(C(=O)c4ccc(OC(C)C)cc4)CC3)s2)no1. The standard InChI is InChI=1S/C22H26N6O4S2/c1-14(2)31-17-6-4-16(5-7-17)20(30)27-8-10-28(11-9-27)21-24-25-22(34-21)33-13-19(29)23-18-12-15(3)32-26-18/h4-7,12,14H,8-11,13H2,1-3H3,(H,23,26,29). The largest absolute Gasteiger partial charge is 0.491 e. The fraction of sp³-hybridized carbons (Fsp3) is 0.409. The summed E-state index contributed by atoms with van der Waals surface area (Å²) >= 11 is 2.76. The highest BCUT2D eigenvalue weighted by atomic mass is 32.2. The Kier molecular flexibility index (Phi) is 7.68. The van der Waals surface area contributed by atoms with Crippen LogP contribution in [0.5, 0.6) is 5.75 Å². The van der Waals surface area contributed by atoms with Gasteiger partial charge in [0.2, 0.25) is 11.0 Å². The van der Waals surface area contributed by atoms with E-state index in [0.717, 1.165) is 10.9 Å². The van der Waals surface area contributed by atoms with E-state index < -0.39 is 0 Å². The maximum absolute atomic E-state index is 12.9. The molecule has 34 heavy (non-hydrogen) atoms. The van der Waals surface area contributed by atoms with Crippen LogP contribution in [0.1, 0.15) is 30.0 Å². The maximum atomic E-state index is 12.9. The molecule has 0 aliphatic carbocycles. The van der Waals surface area contributed by atoms with Gasteiger partial charge in [-0.25, -0.2) is 0 Å². The predicted molar refractivity (Wildman–Crippen MR) is 131 cm³/mol. The van der Waals surface area contributed by atoms with Crippen molar-refractivity contribution in [2.45, 2.75) is 31.2 Å². The lowest BCUT2D eigenvalue weighted by molar-refractivity contribution is -0.113. The minimum Gasteiger partial charge on any atom is -0.491 e. The zero-order valence-electron chi connectivity index (χ0n) is 19.2. The molecular formula is C22H26N6O4S2. The first kappa shape index (κ1) is 24.0. The van der Waals surface area contributed by atoms with Gasteiger partial charge in [0.15, 0.2) is 10.2 Å². The Bertz CT molecular complexity index is 1120. The number of carbonyl (C=O) groups excluding carboxylic acids is 2. The van der Waals surface area contributed by atoms with Gasteiger partial charge < -0.3 is 24.4 Å². The number of piperazine rings is 1. The molecule has 1 aromatic carbocycles. The van der Waals surface area contributed by atoms with Crippen molar-refractivity contribution in [1.29, 1.82) is 0 Å². The molecule has 3 aromatic rings. The van der Waals surface area contributed by atoms with Crippen LogP contribution in [0.3, 0.4) is 0 Å². The van der Waals surface area contributed by atoms with Crippen LogP contribution < -0.4 is 15.0 Å². The molecule has 10 nitrogen and oxygen atoms in total. The van der Waals surface area contributed by atoms with Crippen LogP contribution in [0.4, 0.5) is 10.9 Å². The van der Waals surface area contributed by atoms with Crippen molar-refractivity contribution in [3.8, 4) is 5.75 Å². The quantitative estimate of drug-likeness (QED) is 0.463. The molecule has 180 valence electrons. The molecule has 1 aliphatic rings. The monoisotopic (exact) mass is 502 g/mol. The molecule has 1 saturated heterocycles. The molecule has 0 atom stereocenters. The average Bonchev–Trinajstić information content (AvgIpc) is 3.46. The molecule has 1 aliphatic heterocycles. The van der Waals surface area contributed by atoms with Gasteiger partial charge in [-0.2, -0.15) is 0 Å². The Hall–Kier alpha value is -3.12. The van der Waals surface area contributed by atoms with Crippen LogP contribution in [-0.4, -0.2) is 70.1 Å². The number of rotatable bonds is 8. The smallest absolute Gasteiger partial charge is 0.253 e. The lowest BCUT2D eigenvalue weighted by Gasteiger charge is -2.34. The summed E-state index contributed by atoms with van der Waals surface area (Å²) in [7, 11) is 0. The summed E-state index contributed by atoms with van der Waals surface area (Å²) < 4.78 is 11.3. The average molecular weight is 503 g/mol. The van der Waals surface area contributed by atoms with Crippen molar-refractivity contribution in [3.05, 3.63) is 41.7 Å². The van der Waals surface area contributed by atoms with Gasteiger partial charge in [-0.05, 0) is 45.0 Å². The van der Waals surface area contributed by atoms with Crippen molar-refractivity contribution in [3.63, 3.8) is 0 Å². The fourth-order valence-corrected chi connectivity index (χ4v) is 5.04. The summed E-state index contributed by atoms with van der Waals surface area (Å²) in [4.78, 5) is 28.9. The minimum absolute atomic E-state index is 0.0116. The molecule has 1 N–H and O–H groups in total. The second kappa shape index (κ2) is 10.9. The number of hydrogen-bond acceptors (Lipinski definition) is 10. The van der Waals surface area contributed by atoms with Gasteiger partial charge in [0.05, 0.1) is 11.9 Å². The van der Waals surface area contributed by atoms with Gasteiger partial charge in [0.25, 0.3) is 5.91 Å². The van der Waals surface area contributed by atoms with Gasteiger partial charge in [-0.3, -0.25) is 9.59 Å². The van der Waals surface area contributed by atoms with Crippen molar-refractivity contribution in [2.24, 2.45) is 0 Å². The fourth-order valence-electron chi connectivity index (χ4n) is 3.35. The number of ether oxygens (including phenoxy) is 1. The Morgan fingerprint density at radius 3 is 2.56 bits per heavy atom. The molecule has 2 aromatic heterocycles. The second-order valence-electron chi connectivity index (χ2n) is 7.98. The molecule has 0 bridgehead atoms. The zero-order chi connectivity index (χ0) is 24.1. The normalized spacial score (nSPS) is 13.9. The van der Waals surface area contributed by atoms with Crippen molar-refractivity contribution < 1.29 is 18.8 Å². The molecule has 0 unspecified atom stereocenters. The van der Waals surface area contributed by atoms with E-state index in [2.05, 4.69) is 25.6 Å². The molecule has 0 spiro atoms. The van der Waals surface area contributed by atoms with E-state index in [-0.39, 0.29) is 23.7 Å². The molecule has 4 rings (SSSR count). The van der Waals surface area contributed by atoms with Gasteiger partial charge in [0, 0.05) is 37.8 Å². The molecule has 2 amide bonds. The van der Waals surface area contributed by atoms with E-state index in [1.807, 2.05) is 30.9 Å². The van der Waals surface area contributed by atoms with E-state index in [9.17, 15) is 9.59 Å². The molecule has 12 heteroatoms. The van der Waals surface area contributed by atoms with Crippen LogP contribution in [0.2, 0.25) is 0 Å². The summed E-state index contributed by atoms with van der Waals surface area (Å²) in [5.74, 6) is 1.81. The number of aromatic nitrogens is 3. The maximum Gasteiger partial charge on any atom is 0.253 e. The number of amides is 2. The summed E-state index contributed by atoms with van der Waals surface area (Å²) in [6.07, 6.45) is 0.0924. The Morgan fingerprint density at radius 2 is 1.91 bits per heavy atom. The van der Waals surface area contributed by atoms with Crippen LogP contribution in [0, 0.1) is 6.92 Å². The summed E-state index contributed by atoms with van der Waals surface area (Å²) in [5.41, 5.74) is 0.651. The first-order valence-electron chi connectivity index (χ1n) is 10.9. The number of carbonyl (C=O) groups is 2. The number of nitrogens with zero attached hydrogens (tertiary/aromatic N) is 5. The van der Waals surface area contributed by atoms with Crippen LogP contribution in [0.15, 0.2) is 39.2 Å². The highest BCUT2D eigenvalue weighted by Gasteiger charge is 2.24. The first-order chi connectivity index (χ1) is 16.4. The molecule has 0 saturated carbocycles. The zero-order valence-corrected chi connectivity index (χ0v) is 20.8. The number of aryl methyl sites for hydroxylation is 1. The summed E-state index contributed by atoms with van der Waals surface area (Å²) in [6, 6.07) is 8.93. The van der Waals surface area contributed by atoms with Crippen molar-refractivity contribution >= 4 is 45.9 Å². The number of thioether (sulfide) groups is 1. The number of benzene rings is 1. The molecule has 0 radical (unpaired) electrons. The van der Waals surface area contributed by atoms with Gasteiger partial charge in [-0.15, -0.1) is 10.2 Å². The molecule has 1 fully saturated rings. The number of hydrogen-bond donors (Lipinski definition) is 1. The third-order valence-corrected chi connectivity index (χ3v) is 7.05. The van der Waals surface area contributed by atoms with Gasteiger partial charge in [0.1, 0.15) is 11.5 Å². The highest BCUT2D eigenvalue weighted by Crippen LogP contribution is 2.29. The van der Waals surface area contributed by atoms with E-state index in [0.29, 0.717) is 47.7 Å². The van der Waals surface area contributed by atoms with Crippen LogP contribution >= 0.6 is 23.1 Å². The predicted octanol–water partition coefficient (Wildman–Crippen LogP) is 3.31. The topological polar surface area (TPSA) is 114 Å². The van der Waals surface area contributed by atoms with Crippen molar-refractivity contribution in [2.75, 3.05) is 42.1 Å². The Balaban J connectivity index is 1.24. The van der Waals surface area contributed by atoms with Gasteiger partial charge >= 0.3 is 0 Å². The minimum atomic E-state index is -0.189. The lowest BCUT2D eigenvalue weighted by Crippen LogP contribution is -2.48. The van der Waals surface area contributed by atoms with Gasteiger partial charge in [-0.1, -0.05) is 28.3 Å².